The Morgan fingerprint density at radius 1 is 1.73 bits per heavy atom. The van der Waals surface area contributed by atoms with Gasteiger partial charge in [-0.1, -0.05) is 0 Å². The Hall–Kier alpha value is -1.50. The molecule has 1 atom stereocenters. The van der Waals surface area contributed by atoms with Crippen LogP contribution in [0.3, 0.4) is 0 Å². The smallest absolute Gasteiger partial charge is 0.311 e. The summed E-state index contributed by atoms with van der Waals surface area (Å²) in [6.07, 6.45) is 1.57. The Bertz CT molecular complexity index is 378. The van der Waals surface area contributed by atoms with Crippen LogP contribution in [-0.2, 0) is 14.3 Å². The third-order valence-corrected chi connectivity index (χ3v) is 2.93. The van der Waals surface area contributed by atoms with Crippen LogP contribution < -0.4 is 4.90 Å². The fourth-order valence-corrected chi connectivity index (χ4v) is 2.06. The van der Waals surface area contributed by atoms with Crippen LogP contribution in [0, 0.1) is 5.92 Å². The highest BCUT2D eigenvalue weighted by Gasteiger charge is 2.36. The fourth-order valence-electron chi connectivity index (χ4n) is 1.50. The number of esters is 1. The quantitative estimate of drug-likeness (QED) is 0.668. The molecule has 0 saturated carbocycles. The molecule has 1 aliphatic rings. The van der Waals surface area contributed by atoms with E-state index in [4.69, 9.17) is 0 Å². The van der Waals surface area contributed by atoms with Crippen molar-refractivity contribution in [2.45, 2.75) is 6.42 Å². The standard InChI is InChI=1S/C8H9N3O3S/c1-14-7(13)5-2-6(12)11(3-5)8-9-4-10-15-8/h4-5H,2-3H2,1H3. The van der Waals surface area contributed by atoms with Crippen molar-refractivity contribution >= 4 is 28.5 Å². The molecule has 2 rings (SSSR count). The van der Waals surface area contributed by atoms with Gasteiger partial charge in [0, 0.05) is 24.5 Å². The summed E-state index contributed by atoms with van der Waals surface area (Å²) in [6.45, 7) is 0.334. The lowest BCUT2D eigenvalue weighted by Crippen LogP contribution is -2.25. The molecule has 80 valence electrons. The number of carbonyl (C=O) groups excluding carboxylic acids is 2. The van der Waals surface area contributed by atoms with Gasteiger partial charge in [0.15, 0.2) is 0 Å². The lowest BCUT2D eigenvalue weighted by molar-refractivity contribution is -0.145. The van der Waals surface area contributed by atoms with Crippen molar-refractivity contribution in [1.82, 2.24) is 9.36 Å². The molecule has 0 aromatic carbocycles. The van der Waals surface area contributed by atoms with Crippen molar-refractivity contribution < 1.29 is 14.3 Å². The maximum Gasteiger partial charge on any atom is 0.311 e. The second kappa shape index (κ2) is 3.93. The number of nitrogens with zero attached hydrogens (tertiary/aromatic N) is 3. The molecule has 1 aromatic heterocycles. The molecule has 2 heterocycles. The summed E-state index contributed by atoms with van der Waals surface area (Å²) in [6, 6.07) is 0. The normalized spacial score (nSPS) is 20.7. The van der Waals surface area contributed by atoms with E-state index in [2.05, 4.69) is 14.1 Å². The zero-order valence-corrected chi connectivity index (χ0v) is 8.86. The molecule has 1 aromatic rings. The summed E-state index contributed by atoms with van der Waals surface area (Å²) in [4.78, 5) is 28.2. The monoisotopic (exact) mass is 227 g/mol. The van der Waals surface area contributed by atoms with Gasteiger partial charge in [-0.2, -0.15) is 4.37 Å². The second-order valence-corrected chi connectivity index (χ2v) is 3.91. The Morgan fingerprint density at radius 3 is 3.13 bits per heavy atom. The van der Waals surface area contributed by atoms with E-state index in [0.717, 1.165) is 11.5 Å². The minimum atomic E-state index is -0.383. The van der Waals surface area contributed by atoms with Crippen molar-refractivity contribution in [3.8, 4) is 0 Å². The molecule has 7 heteroatoms. The highest BCUT2D eigenvalue weighted by atomic mass is 32.1. The maximum absolute atomic E-state index is 11.6. The number of ether oxygens (including phenoxy) is 1. The average molecular weight is 227 g/mol. The van der Waals surface area contributed by atoms with Crippen molar-refractivity contribution in [2.24, 2.45) is 5.92 Å². The number of hydrogen-bond acceptors (Lipinski definition) is 6. The topological polar surface area (TPSA) is 72.4 Å². The van der Waals surface area contributed by atoms with Gasteiger partial charge in [0.1, 0.15) is 6.33 Å². The molecule has 1 saturated heterocycles. The molecule has 0 spiro atoms. The van der Waals surface area contributed by atoms with Crippen LogP contribution in [0.2, 0.25) is 0 Å². The van der Waals surface area contributed by atoms with Crippen molar-refractivity contribution in [2.75, 3.05) is 18.6 Å². The number of methoxy groups -OCH3 is 1. The predicted octanol–water partition coefficient (Wildman–Crippen LogP) is 0.0640. The summed E-state index contributed by atoms with van der Waals surface area (Å²) in [7, 11) is 1.32. The summed E-state index contributed by atoms with van der Waals surface area (Å²) in [5, 5.41) is 0.534. The van der Waals surface area contributed by atoms with E-state index >= 15 is 0 Å². The van der Waals surface area contributed by atoms with E-state index in [1.165, 1.54) is 18.3 Å². The van der Waals surface area contributed by atoms with Crippen molar-refractivity contribution in [3.63, 3.8) is 0 Å². The number of hydrogen-bond donors (Lipinski definition) is 0. The van der Waals surface area contributed by atoms with Crippen LogP contribution in [0.25, 0.3) is 0 Å². The minimum Gasteiger partial charge on any atom is -0.469 e. The molecule has 0 bridgehead atoms. The lowest BCUT2D eigenvalue weighted by Gasteiger charge is -2.10. The van der Waals surface area contributed by atoms with Gasteiger partial charge >= 0.3 is 5.97 Å². The summed E-state index contributed by atoms with van der Waals surface area (Å²) in [5.41, 5.74) is 0. The summed E-state index contributed by atoms with van der Waals surface area (Å²) >= 11 is 1.14. The van der Waals surface area contributed by atoms with Crippen LogP contribution in [0.15, 0.2) is 6.33 Å². The number of aromatic nitrogens is 2. The number of anilines is 1. The van der Waals surface area contributed by atoms with Crippen LogP contribution in [0.4, 0.5) is 5.13 Å². The molecule has 0 aliphatic carbocycles. The largest absolute Gasteiger partial charge is 0.469 e. The first-order chi connectivity index (χ1) is 7.22. The third-order valence-electron chi connectivity index (χ3n) is 2.24. The van der Waals surface area contributed by atoms with E-state index in [1.807, 2.05) is 0 Å². The van der Waals surface area contributed by atoms with Gasteiger partial charge in [-0.25, -0.2) is 4.98 Å². The molecule has 1 aliphatic heterocycles. The van der Waals surface area contributed by atoms with E-state index in [9.17, 15) is 9.59 Å². The molecule has 6 nitrogen and oxygen atoms in total. The van der Waals surface area contributed by atoms with Crippen molar-refractivity contribution in [3.05, 3.63) is 6.33 Å². The maximum atomic E-state index is 11.6. The van der Waals surface area contributed by atoms with Crippen LogP contribution >= 0.6 is 11.5 Å². The first-order valence-corrected chi connectivity index (χ1v) is 5.14. The summed E-state index contributed by atoms with van der Waals surface area (Å²) < 4.78 is 8.41. The average Bonchev–Trinajstić information content (AvgIpc) is 2.84. The first kappa shape index (κ1) is 10.0. The van der Waals surface area contributed by atoms with Gasteiger partial charge < -0.3 is 4.74 Å². The lowest BCUT2D eigenvalue weighted by atomic mass is 10.1. The zero-order valence-electron chi connectivity index (χ0n) is 8.04. The van der Waals surface area contributed by atoms with Gasteiger partial charge in [0.2, 0.25) is 11.0 Å². The predicted molar refractivity (Wildman–Crippen MR) is 52.4 cm³/mol. The zero-order chi connectivity index (χ0) is 10.8. The Balaban J connectivity index is 2.11. The Kier molecular flexibility index (Phi) is 2.63. The minimum absolute atomic E-state index is 0.109. The van der Waals surface area contributed by atoms with Gasteiger partial charge in [-0.05, 0) is 0 Å². The fraction of sp³-hybridized carbons (Fsp3) is 0.500. The molecule has 1 amide bonds. The molecular formula is C8H9N3O3S. The van der Waals surface area contributed by atoms with E-state index in [-0.39, 0.29) is 24.2 Å². The second-order valence-electron chi connectivity index (χ2n) is 3.15. The first-order valence-electron chi connectivity index (χ1n) is 4.37. The molecule has 1 unspecified atom stereocenters. The highest BCUT2D eigenvalue weighted by Crippen LogP contribution is 2.25. The van der Waals surface area contributed by atoms with Gasteiger partial charge in [0.25, 0.3) is 0 Å². The van der Waals surface area contributed by atoms with E-state index < -0.39 is 0 Å². The summed E-state index contributed by atoms with van der Waals surface area (Å²) in [5.74, 6) is -0.844. The molecule has 1 fully saturated rings. The van der Waals surface area contributed by atoms with Gasteiger partial charge in [-0.15, -0.1) is 0 Å². The number of amides is 1. The molecule has 0 N–H and O–H groups in total. The van der Waals surface area contributed by atoms with E-state index in [1.54, 1.807) is 0 Å². The number of carbonyl (C=O) groups is 2. The Morgan fingerprint density at radius 2 is 2.53 bits per heavy atom. The van der Waals surface area contributed by atoms with E-state index in [0.29, 0.717) is 11.7 Å². The molecule has 0 radical (unpaired) electrons. The molecular weight excluding hydrogens is 218 g/mol. The SMILES string of the molecule is COC(=O)C1CC(=O)N(c2ncns2)C1. The van der Waals surface area contributed by atoms with Gasteiger partial charge in [-0.3, -0.25) is 14.5 Å². The van der Waals surface area contributed by atoms with Crippen LogP contribution in [0.5, 0.6) is 0 Å². The highest BCUT2D eigenvalue weighted by molar-refractivity contribution is 7.09. The van der Waals surface area contributed by atoms with Crippen LogP contribution in [0.1, 0.15) is 6.42 Å². The number of rotatable bonds is 2. The van der Waals surface area contributed by atoms with Crippen molar-refractivity contribution in [1.29, 1.82) is 0 Å². The van der Waals surface area contributed by atoms with Crippen LogP contribution in [-0.4, -0.2) is 34.9 Å². The Labute approximate surface area is 90.0 Å². The molecule has 15 heavy (non-hydrogen) atoms. The third kappa shape index (κ3) is 1.82. The van der Waals surface area contributed by atoms with Gasteiger partial charge in [0.05, 0.1) is 13.0 Å².